The van der Waals surface area contributed by atoms with Crippen molar-refractivity contribution in [1.82, 2.24) is 0 Å². The van der Waals surface area contributed by atoms with Gasteiger partial charge >= 0.3 is 11.9 Å². The highest BCUT2D eigenvalue weighted by atomic mass is 16.5. The molecule has 0 aliphatic heterocycles. The molecule has 0 rings (SSSR count). The molecule has 0 spiro atoms. The summed E-state index contributed by atoms with van der Waals surface area (Å²) in [5.74, 6) is -2.09. The average molecular weight is 160 g/mol. The van der Waals surface area contributed by atoms with E-state index in [1.54, 1.807) is 6.92 Å². The third-order valence-corrected chi connectivity index (χ3v) is 1.20. The van der Waals surface area contributed by atoms with Crippen LogP contribution in [0.4, 0.5) is 0 Å². The smallest absolute Gasteiger partial charge is 0.306 e. The van der Waals surface area contributed by atoms with Crippen molar-refractivity contribution >= 4 is 11.9 Å². The number of carboxylic acid groups (broad SMARTS) is 1. The van der Waals surface area contributed by atoms with Crippen LogP contribution >= 0.6 is 0 Å². The molecule has 0 unspecified atom stereocenters. The first-order chi connectivity index (χ1) is 5.07. The predicted octanol–water partition coefficient (Wildman–Crippen LogP) is 0.660. The van der Waals surface area contributed by atoms with Crippen molar-refractivity contribution in [2.75, 3.05) is 6.61 Å². The fraction of sp³-hybridized carbons (Fsp3) is 0.714. The molecule has 0 saturated carbocycles. The lowest BCUT2D eigenvalue weighted by molar-refractivity contribution is -0.150. The minimum atomic E-state index is -0.974. The van der Waals surface area contributed by atoms with Gasteiger partial charge in [0, 0.05) is 0 Å². The lowest BCUT2D eigenvalue weighted by Gasteiger charge is -2.04. The van der Waals surface area contributed by atoms with E-state index in [0.717, 1.165) is 0 Å². The number of hydrogen-bond donors (Lipinski definition) is 1. The lowest BCUT2D eigenvalue weighted by Crippen LogP contribution is -2.16. The summed E-state index contributed by atoms with van der Waals surface area (Å²) in [5, 5.41) is 8.39. The van der Waals surface area contributed by atoms with Crippen LogP contribution in [0.15, 0.2) is 0 Å². The predicted molar refractivity (Wildman–Crippen MR) is 38.0 cm³/mol. The fourth-order valence-corrected chi connectivity index (χ4v) is 0.557. The zero-order valence-corrected chi connectivity index (χ0v) is 6.66. The molecule has 4 heteroatoms. The normalized spacial score (nSPS) is 12.2. The van der Waals surface area contributed by atoms with E-state index >= 15 is 0 Å². The van der Waals surface area contributed by atoms with Gasteiger partial charge in [0.2, 0.25) is 0 Å². The maximum Gasteiger partial charge on any atom is 0.306 e. The Kier molecular flexibility index (Phi) is 4.26. The van der Waals surface area contributed by atoms with Crippen LogP contribution < -0.4 is 0 Å². The summed E-state index contributed by atoms with van der Waals surface area (Å²) in [4.78, 5) is 20.9. The summed E-state index contributed by atoms with van der Waals surface area (Å²) in [7, 11) is 0. The highest BCUT2D eigenvalue weighted by Gasteiger charge is 2.15. The summed E-state index contributed by atoms with van der Waals surface area (Å²) < 4.78 is 4.56. The Morgan fingerprint density at radius 1 is 1.55 bits per heavy atom. The summed E-state index contributed by atoms with van der Waals surface area (Å²) in [6.45, 7) is 3.45. The Balaban J connectivity index is 3.66. The Labute approximate surface area is 65.2 Å². The van der Waals surface area contributed by atoms with E-state index in [2.05, 4.69) is 4.74 Å². The van der Waals surface area contributed by atoms with Gasteiger partial charge in [-0.25, -0.2) is 0 Å². The van der Waals surface area contributed by atoms with Gasteiger partial charge in [-0.2, -0.15) is 0 Å². The van der Waals surface area contributed by atoms with Gasteiger partial charge in [-0.3, -0.25) is 9.59 Å². The van der Waals surface area contributed by atoms with Crippen LogP contribution in [0, 0.1) is 5.92 Å². The molecule has 0 aliphatic rings. The molecule has 0 amide bonds. The fourth-order valence-electron chi connectivity index (χ4n) is 0.557. The molecule has 0 bridgehead atoms. The quantitative estimate of drug-likeness (QED) is 0.613. The van der Waals surface area contributed by atoms with Gasteiger partial charge in [-0.15, -0.1) is 0 Å². The van der Waals surface area contributed by atoms with E-state index in [1.807, 2.05) is 0 Å². The van der Waals surface area contributed by atoms with E-state index in [1.165, 1.54) is 6.92 Å². The van der Waals surface area contributed by atoms with Crippen LogP contribution in [0.1, 0.15) is 20.3 Å². The van der Waals surface area contributed by atoms with E-state index in [-0.39, 0.29) is 6.42 Å². The molecule has 0 radical (unpaired) electrons. The molecular weight excluding hydrogens is 148 g/mol. The largest absolute Gasteiger partial charge is 0.481 e. The maximum atomic E-state index is 10.7. The molecule has 0 aromatic carbocycles. The Bertz CT molecular complexity index is 153. The van der Waals surface area contributed by atoms with Crippen LogP contribution in [0.3, 0.4) is 0 Å². The van der Waals surface area contributed by atoms with Crippen LogP contribution in [-0.2, 0) is 14.3 Å². The Morgan fingerprint density at radius 3 is 2.45 bits per heavy atom. The summed E-state index contributed by atoms with van der Waals surface area (Å²) >= 11 is 0. The Morgan fingerprint density at radius 2 is 2.09 bits per heavy atom. The van der Waals surface area contributed by atoms with Crippen LogP contribution in [0.2, 0.25) is 0 Å². The van der Waals surface area contributed by atoms with Crippen molar-refractivity contribution in [3.63, 3.8) is 0 Å². The third kappa shape index (κ3) is 4.36. The van der Waals surface area contributed by atoms with Gasteiger partial charge in [-0.1, -0.05) is 6.92 Å². The third-order valence-electron chi connectivity index (χ3n) is 1.20. The van der Waals surface area contributed by atoms with E-state index < -0.39 is 17.9 Å². The van der Waals surface area contributed by atoms with Gasteiger partial charge in [0.1, 0.15) is 0 Å². The number of ether oxygens (including phenoxy) is 1. The summed E-state index contributed by atoms with van der Waals surface area (Å²) in [6.07, 6.45) is -0.0524. The van der Waals surface area contributed by atoms with Gasteiger partial charge in [0.15, 0.2) is 0 Å². The summed E-state index contributed by atoms with van der Waals surface area (Å²) in [6, 6.07) is 0. The van der Waals surface area contributed by atoms with Crippen molar-refractivity contribution in [2.45, 2.75) is 20.3 Å². The number of carboxylic acids is 1. The minimum absolute atomic E-state index is 0.0524. The highest BCUT2D eigenvalue weighted by Crippen LogP contribution is 2.02. The molecule has 0 aromatic rings. The van der Waals surface area contributed by atoms with Crippen molar-refractivity contribution < 1.29 is 19.4 Å². The van der Waals surface area contributed by atoms with Gasteiger partial charge < -0.3 is 9.84 Å². The number of rotatable bonds is 4. The van der Waals surface area contributed by atoms with Crippen molar-refractivity contribution in [3.05, 3.63) is 0 Å². The number of carbonyl (C=O) groups excluding carboxylic acids is 1. The molecule has 4 nitrogen and oxygen atoms in total. The van der Waals surface area contributed by atoms with Crippen LogP contribution in [0.5, 0.6) is 0 Å². The molecule has 0 fully saturated rings. The average Bonchev–Trinajstić information content (AvgIpc) is 1.87. The number of aliphatic carboxylic acids is 1. The van der Waals surface area contributed by atoms with Crippen molar-refractivity contribution in [1.29, 1.82) is 0 Å². The lowest BCUT2D eigenvalue weighted by atomic mass is 10.1. The number of esters is 1. The van der Waals surface area contributed by atoms with Gasteiger partial charge in [0.05, 0.1) is 18.9 Å². The topological polar surface area (TPSA) is 63.6 Å². The molecule has 0 heterocycles. The monoisotopic (exact) mass is 160 g/mol. The summed E-state index contributed by atoms with van der Waals surface area (Å²) in [5.41, 5.74) is 0. The number of carbonyl (C=O) groups is 2. The van der Waals surface area contributed by atoms with E-state index in [0.29, 0.717) is 6.61 Å². The molecule has 64 valence electrons. The molecular formula is C7H12O4. The van der Waals surface area contributed by atoms with Gasteiger partial charge in [-0.05, 0) is 6.92 Å². The highest BCUT2D eigenvalue weighted by molar-refractivity contribution is 5.78. The van der Waals surface area contributed by atoms with Crippen molar-refractivity contribution in [3.8, 4) is 0 Å². The van der Waals surface area contributed by atoms with Gasteiger partial charge in [0.25, 0.3) is 0 Å². The maximum absolute atomic E-state index is 10.7. The van der Waals surface area contributed by atoms with E-state index in [4.69, 9.17) is 5.11 Å². The SMILES string of the molecule is CCOC(=O)C[C@@H](C)C(=O)O. The van der Waals surface area contributed by atoms with Crippen LogP contribution in [-0.4, -0.2) is 23.7 Å². The second-order valence-electron chi connectivity index (χ2n) is 2.25. The second kappa shape index (κ2) is 4.71. The first kappa shape index (κ1) is 9.94. The first-order valence-electron chi connectivity index (χ1n) is 3.46. The van der Waals surface area contributed by atoms with Crippen LogP contribution in [0.25, 0.3) is 0 Å². The molecule has 1 N–H and O–H groups in total. The standard InChI is InChI=1S/C7H12O4/c1-3-11-6(8)4-5(2)7(9)10/h5H,3-4H2,1-2H3,(H,9,10)/t5-/m1/s1. The zero-order chi connectivity index (χ0) is 8.85. The molecule has 0 aromatic heterocycles. The molecule has 11 heavy (non-hydrogen) atoms. The first-order valence-corrected chi connectivity index (χ1v) is 3.46. The number of hydrogen-bond acceptors (Lipinski definition) is 3. The minimum Gasteiger partial charge on any atom is -0.481 e. The molecule has 1 atom stereocenters. The zero-order valence-electron chi connectivity index (χ0n) is 6.66. The second-order valence-corrected chi connectivity index (χ2v) is 2.25. The molecule has 0 saturated heterocycles. The Hall–Kier alpha value is -1.06. The van der Waals surface area contributed by atoms with E-state index in [9.17, 15) is 9.59 Å². The van der Waals surface area contributed by atoms with Crippen molar-refractivity contribution in [2.24, 2.45) is 5.92 Å². The molecule has 0 aliphatic carbocycles.